The van der Waals surface area contributed by atoms with Crippen molar-refractivity contribution in [1.82, 2.24) is 24.4 Å². The number of amides is 1. The molecule has 0 bridgehead atoms. The smallest absolute Gasteiger partial charge is 0.261 e. The first-order chi connectivity index (χ1) is 16.0. The molecule has 168 valence electrons. The lowest BCUT2D eigenvalue weighted by Gasteiger charge is -2.10. The molecule has 0 spiro atoms. The number of nitrogens with one attached hydrogen (secondary N) is 1. The first-order valence-corrected chi connectivity index (χ1v) is 10.6. The Morgan fingerprint density at radius 3 is 2.52 bits per heavy atom. The van der Waals surface area contributed by atoms with Gasteiger partial charge < -0.3 is 10.1 Å². The third-order valence-corrected chi connectivity index (χ3v) is 5.06. The molecule has 1 N–H and O–H groups in total. The number of hydrogen-bond acceptors (Lipinski definition) is 6. The molecule has 4 rings (SSSR count). The predicted octanol–water partition coefficient (Wildman–Crippen LogP) is 1.84. The van der Waals surface area contributed by atoms with E-state index in [1.165, 1.54) is 27.9 Å². The van der Waals surface area contributed by atoms with Gasteiger partial charge in [-0.25, -0.2) is 9.97 Å². The fourth-order valence-corrected chi connectivity index (χ4v) is 3.39. The largest absolute Gasteiger partial charge is 0.494 e. The van der Waals surface area contributed by atoms with Crippen molar-refractivity contribution >= 4 is 16.8 Å². The maximum absolute atomic E-state index is 12.5. The maximum Gasteiger partial charge on any atom is 0.261 e. The van der Waals surface area contributed by atoms with Gasteiger partial charge >= 0.3 is 0 Å². The van der Waals surface area contributed by atoms with Gasteiger partial charge in [-0.05, 0) is 43.3 Å². The number of carbonyl (C=O) groups is 1. The quantitative estimate of drug-likeness (QED) is 0.443. The van der Waals surface area contributed by atoms with Gasteiger partial charge in [-0.2, -0.15) is 0 Å². The molecule has 2 aromatic heterocycles. The summed E-state index contributed by atoms with van der Waals surface area (Å²) in [5.41, 5.74) is 1.45. The highest BCUT2D eigenvalue weighted by Gasteiger charge is 2.08. The zero-order chi connectivity index (χ0) is 23.2. The number of benzene rings is 2. The Balaban J connectivity index is 1.35. The Hall–Kier alpha value is -4.27. The number of nitrogens with zero attached hydrogens (tertiary/aromatic N) is 4. The van der Waals surface area contributed by atoms with Gasteiger partial charge in [0.1, 0.15) is 12.3 Å². The first-order valence-electron chi connectivity index (χ1n) is 10.6. The van der Waals surface area contributed by atoms with Crippen LogP contribution in [0, 0.1) is 0 Å². The summed E-state index contributed by atoms with van der Waals surface area (Å²) < 4.78 is 8.10. The van der Waals surface area contributed by atoms with Gasteiger partial charge in [-0.15, -0.1) is 0 Å². The highest BCUT2D eigenvalue weighted by molar-refractivity contribution is 5.78. The van der Waals surface area contributed by atoms with E-state index >= 15 is 0 Å². The summed E-state index contributed by atoms with van der Waals surface area (Å²) in [6.07, 6.45) is 2.82. The molecule has 0 saturated carbocycles. The van der Waals surface area contributed by atoms with Crippen molar-refractivity contribution < 1.29 is 9.53 Å². The molecule has 33 heavy (non-hydrogen) atoms. The minimum Gasteiger partial charge on any atom is -0.494 e. The zero-order valence-electron chi connectivity index (χ0n) is 18.1. The molecule has 0 aliphatic carbocycles. The standard InChI is InChI=1S/C24H23N5O4/c1-2-33-18-9-7-17(8-10-18)21-13-23(31)28(15-27-21)12-11-25-22(30)14-29-16-26-20-6-4-3-5-19(20)24(29)32/h3-10,13,15-16H,2,11-12,14H2,1H3,(H,25,30). The molecule has 4 aromatic rings. The molecule has 2 heterocycles. The van der Waals surface area contributed by atoms with Crippen LogP contribution in [0.4, 0.5) is 0 Å². The van der Waals surface area contributed by atoms with Gasteiger partial charge in [-0.1, -0.05) is 12.1 Å². The summed E-state index contributed by atoms with van der Waals surface area (Å²) in [4.78, 5) is 45.8. The van der Waals surface area contributed by atoms with Crippen molar-refractivity contribution in [2.75, 3.05) is 13.2 Å². The van der Waals surface area contributed by atoms with Crippen LogP contribution >= 0.6 is 0 Å². The summed E-state index contributed by atoms with van der Waals surface area (Å²) in [5.74, 6) is 0.410. The van der Waals surface area contributed by atoms with Crippen molar-refractivity contribution in [3.8, 4) is 17.0 Å². The lowest BCUT2D eigenvalue weighted by molar-refractivity contribution is -0.121. The minimum absolute atomic E-state index is 0.152. The van der Waals surface area contributed by atoms with Crippen LogP contribution in [0.3, 0.4) is 0 Å². The summed E-state index contributed by atoms with van der Waals surface area (Å²) in [5, 5.41) is 3.18. The maximum atomic E-state index is 12.5. The number of ether oxygens (including phenoxy) is 1. The summed E-state index contributed by atoms with van der Waals surface area (Å²) in [7, 11) is 0. The number of fused-ring (bicyclic) bond motifs is 1. The fourth-order valence-electron chi connectivity index (χ4n) is 3.39. The molecule has 0 fully saturated rings. The molecular formula is C24H23N5O4. The monoisotopic (exact) mass is 445 g/mol. The minimum atomic E-state index is -0.346. The number of para-hydroxylation sites is 1. The molecule has 0 saturated heterocycles. The van der Waals surface area contributed by atoms with Crippen molar-refractivity contribution in [3.63, 3.8) is 0 Å². The third kappa shape index (κ3) is 5.15. The number of rotatable bonds is 8. The number of hydrogen-bond donors (Lipinski definition) is 1. The van der Waals surface area contributed by atoms with Gasteiger partial charge in [-0.3, -0.25) is 23.5 Å². The van der Waals surface area contributed by atoms with Gasteiger partial charge in [0.2, 0.25) is 5.91 Å². The Bertz CT molecular complexity index is 1390. The molecule has 0 aliphatic rings. The van der Waals surface area contributed by atoms with Gasteiger partial charge in [0.05, 0.1) is 35.9 Å². The van der Waals surface area contributed by atoms with Crippen molar-refractivity contribution in [2.45, 2.75) is 20.0 Å². The number of aromatic nitrogens is 4. The van der Waals surface area contributed by atoms with Gasteiger partial charge in [0.25, 0.3) is 11.1 Å². The lowest BCUT2D eigenvalue weighted by Crippen LogP contribution is -2.35. The highest BCUT2D eigenvalue weighted by Crippen LogP contribution is 2.19. The SMILES string of the molecule is CCOc1ccc(-c2cc(=O)n(CCNC(=O)Cn3cnc4ccccc4c3=O)cn2)cc1. The molecule has 0 unspecified atom stereocenters. The van der Waals surface area contributed by atoms with E-state index in [4.69, 9.17) is 4.74 Å². The fraction of sp³-hybridized carbons (Fsp3) is 0.208. The molecule has 9 heteroatoms. The Morgan fingerprint density at radius 1 is 1.00 bits per heavy atom. The Morgan fingerprint density at radius 2 is 1.76 bits per heavy atom. The van der Waals surface area contributed by atoms with E-state index in [1.54, 1.807) is 24.3 Å². The average molecular weight is 445 g/mol. The molecular weight excluding hydrogens is 422 g/mol. The van der Waals surface area contributed by atoms with E-state index in [-0.39, 0.29) is 36.7 Å². The van der Waals surface area contributed by atoms with E-state index in [0.717, 1.165) is 11.3 Å². The summed E-state index contributed by atoms with van der Waals surface area (Å²) in [6, 6.07) is 15.8. The molecule has 1 amide bonds. The zero-order valence-corrected chi connectivity index (χ0v) is 18.1. The second-order valence-electron chi connectivity index (χ2n) is 7.31. The van der Waals surface area contributed by atoms with Crippen LogP contribution in [0.5, 0.6) is 5.75 Å². The van der Waals surface area contributed by atoms with Gasteiger partial charge in [0, 0.05) is 24.7 Å². The normalized spacial score (nSPS) is 10.8. The summed E-state index contributed by atoms with van der Waals surface area (Å²) >= 11 is 0. The van der Waals surface area contributed by atoms with E-state index in [1.807, 2.05) is 31.2 Å². The van der Waals surface area contributed by atoms with Crippen LogP contribution in [-0.2, 0) is 17.9 Å². The van der Waals surface area contributed by atoms with Crippen molar-refractivity contribution in [2.24, 2.45) is 0 Å². The predicted molar refractivity (Wildman–Crippen MR) is 124 cm³/mol. The first kappa shape index (κ1) is 21.9. The highest BCUT2D eigenvalue weighted by atomic mass is 16.5. The van der Waals surface area contributed by atoms with Crippen molar-refractivity contribution in [1.29, 1.82) is 0 Å². The van der Waals surface area contributed by atoms with Crippen LogP contribution in [0.2, 0.25) is 0 Å². The summed E-state index contributed by atoms with van der Waals surface area (Å²) in [6.45, 7) is 2.82. The molecule has 0 atom stereocenters. The average Bonchev–Trinajstić information content (AvgIpc) is 2.83. The third-order valence-electron chi connectivity index (χ3n) is 5.06. The second kappa shape index (κ2) is 9.90. The Labute approximate surface area is 189 Å². The molecule has 0 aliphatic heterocycles. The van der Waals surface area contributed by atoms with E-state index in [9.17, 15) is 14.4 Å². The molecule has 9 nitrogen and oxygen atoms in total. The Kier molecular flexibility index (Phi) is 6.58. The topological polar surface area (TPSA) is 108 Å². The van der Waals surface area contributed by atoms with E-state index in [0.29, 0.717) is 23.2 Å². The van der Waals surface area contributed by atoms with Crippen molar-refractivity contribution in [3.05, 3.63) is 88.0 Å². The molecule has 0 radical (unpaired) electrons. The lowest BCUT2D eigenvalue weighted by atomic mass is 10.1. The van der Waals surface area contributed by atoms with Crippen LogP contribution in [0.15, 0.2) is 76.8 Å². The van der Waals surface area contributed by atoms with Crippen LogP contribution in [0.1, 0.15) is 6.92 Å². The van der Waals surface area contributed by atoms with Crippen LogP contribution in [-0.4, -0.2) is 38.2 Å². The van der Waals surface area contributed by atoms with Crippen LogP contribution in [0.25, 0.3) is 22.2 Å². The van der Waals surface area contributed by atoms with Gasteiger partial charge in [0.15, 0.2) is 0 Å². The molecule has 2 aromatic carbocycles. The second-order valence-corrected chi connectivity index (χ2v) is 7.31. The number of carbonyl (C=O) groups excluding carboxylic acids is 1. The van der Waals surface area contributed by atoms with Crippen LogP contribution < -0.4 is 21.2 Å². The van der Waals surface area contributed by atoms with E-state index in [2.05, 4.69) is 15.3 Å². The van der Waals surface area contributed by atoms with E-state index < -0.39 is 0 Å².